The molecule has 3 atom stereocenters. The Morgan fingerprint density at radius 3 is 2.04 bits per heavy atom. The van der Waals surface area contributed by atoms with Crippen LogP contribution in [0.1, 0.15) is 27.1 Å². The molecule has 0 aromatic heterocycles. The molecule has 1 heterocycles. The number of rotatable bonds is 6. The number of ether oxygens (including phenoxy) is 3. The Kier molecular flexibility index (Phi) is 5.85. The maximum atomic E-state index is 12.0. The number of aliphatic hydroxyl groups excluding tert-OH is 1. The third kappa shape index (κ3) is 4.71. The van der Waals surface area contributed by atoms with Gasteiger partial charge in [0.1, 0.15) is 19.3 Å². The zero-order chi connectivity index (χ0) is 19.3. The second kappa shape index (κ2) is 8.30. The van der Waals surface area contributed by atoms with Gasteiger partial charge >= 0.3 is 11.9 Å². The monoisotopic (exact) mass is 372 g/mol. The fourth-order valence-corrected chi connectivity index (χ4v) is 2.73. The van der Waals surface area contributed by atoms with Gasteiger partial charge in [-0.05, 0) is 24.3 Å². The quantitative estimate of drug-likeness (QED) is 0.742. The highest BCUT2D eigenvalue weighted by Crippen LogP contribution is 2.29. The van der Waals surface area contributed by atoms with Crippen LogP contribution in [0.4, 0.5) is 0 Å². The van der Waals surface area contributed by atoms with Crippen LogP contribution in [0, 0.1) is 0 Å². The second-order valence-corrected chi connectivity index (χ2v) is 6.24. The minimum absolute atomic E-state index is 0.0431. The van der Waals surface area contributed by atoms with Crippen molar-refractivity contribution < 1.29 is 34.0 Å². The molecule has 142 valence electrons. The van der Waals surface area contributed by atoms with E-state index in [0.29, 0.717) is 11.1 Å². The summed E-state index contributed by atoms with van der Waals surface area (Å²) < 4.78 is 15.6. The fraction of sp³-hybridized carbons (Fsp3) is 0.300. The molecule has 0 aliphatic carbocycles. The molecule has 0 bridgehead atoms. The van der Waals surface area contributed by atoms with Crippen LogP contribution in [-0.4, -0.2) is 53.4 Å². The van der Waals surface area contributed by atoms with Gasteiger partial charge in [-0.1, -0.05) is 36.4 Å². The highest BCUT2D eigenvalue weighted by molar-refractivity contribution is 5.89. The van der Waals surface area contributed by atoms with Gasteiger partial charge in [-0.25, -0.2) is 9.59 Å². The summed E-state index contributed by atoms with van der Waals surface area (Å²) in [5.41, 5.74) is 0.713. The number of carbonyl (C=O) groups is 2. The van der Waals surface area contributed by atoms with Crippen LogP contribution >= 0.6 is 0 Å². The smallest absolute Gasteiger partial charge is 0.338 e. The second-order valence-electron chi connectivity index (χ2n) is 6.24. The maximum absolute atomic E-state index is 12.0. The largest absolute Gasteiger partial charge is 0.459 e. The zero-order valence-electron chi connectivity index (χ0n) is 14.5. The fourth-order valence-electron chi connectivity index (χ4n) is 2.73. The highest BCUT2D eigenvalue weighted by atomic mass is 16.7. The standard InChI is InChI=1S/C20H20O7/c21-17-11-16(12-25-18(22)14-7-3-1-4-8-14)27-20(17,24)13-26-19(23)15-9-5-2-6-10-15/h1-10,16-17,21,24H,11-13H2/t16-,17-,20-/m0/s1. The van der Waals surface area contributed by atoms with E-state index in [1.165, 1.54) is 0 Å². The summed E-state index contributed by atoms with van der Waals surface area (Å²) in [7, 11) is 0. The first-order valence-electron chi connectivity index (χ1n) is 8.50. The minimum atomic E-state index is -2.05. The van der Waals surface area contributed by atoms with Crippen LogP contribution in [0.25, 0.3) is 0 Å². The van der Waals surface area contributed by atoms with Crippen molar-refractivity contribution in [2.45, 2.75) is 24.4 Å². The molecule has 2 aromatic carbocycles. The van der Waals surface area contributed by atoms with E-state index in [2.05, 4.69) is 0 Å². The van der Waals surface area contributed by atoms with E-state index in [4.69, 9.17) is 14.2 Å². The van der Waals surface area contributed by atoms with Gasteiger partial charge in [0.25, 0.3) is 0 Å². The molecule has 1 aliphatic heterocycles. The van der Waals surface area contributed by atoms with E-state index in [9.17, 15) is 19.8 Å². The van der Waals surface area contributed by atoms with Crippen LogP contribution in [-0.2, 0) is 14.2 Å². The summed E-state index contributed by atoms with van der Waals surface area (Å²) in [5, 5.41) is 20.5. The summed E-state index contributed by atoms with van der Waals surface area (Å²) in [6, 6.07) is 16.7. The first-order chi connectivity index (χ1) is 13.0. The Labute approximate surface area is 156 Å². The molecule has 1 saturated heterocycles. The SMILES string of the molecule is O=C(OC[C@@H]1C[C@H](O)[C@](O)(COC(=O)c2ccccc2)O1)c1ccccc1. The van der Waals surface area contributed by atoms with E-state index in [-0.39, 0.29) is 13.0 Å². The predicted molar refractivity (Wildman–Crippen MR) is 93.9 cm³/mol. The van der Waals surface area contributed by atoms with Gasteiger partial charge in [-0.15, -0.1) is 0 Å². The van der Waals surface area contributed by atoms with Crippen molar-refractivity contribution in [1.82, 2.24) is 0 Å². The van der Waals surface area contributed by atoms with Crippen molar-refractivity contribution in [3.8, 4) is 0 Å². The van der Waals surface area contributed by atoms with E-state index < -0.39 is 36.5 Å². The zero-order valence-corrected chi connectivity index (χ0v) is 14.5. The van der Waals surface area contributed by atoms with Crippen molar-refractivity contribution in [3.05, 3.63) is 71.8 Å². The molecule has 0 saturated carbocycles. The molecule has 0 spiro atoms. The minimum Gasteiger partial charge on any atom is -0.459 e. The number of hydrogen-bond acceptors (Lipinski definition) is 7. The van der Waals surface area contributed by atoms with E-state index in [0.717, 1.165) is 0 Å². The summed E-state index contributed by atoms with van der Waals surface area (Å²) >= 11 is 0. The lowest BCUT2D eigenvalue weighted by atomic mass is 10.1. The molecule has 1 fully saturated rings. The highest BCUT2D eigenvalue weighted by Gasteiger charge is 2.48. The van der Waals surface area contributed by atoms with Gasteiger partial charge in [0.15, 0.2) is 0 Å². The maximum Gasteiger partial charge on any atom is 0.338 e. The molecule has 0 radical (unpaired) electrons. The van der Waals surface area contributed by atoms with Crippen LogP contribution in [0.15, 0.2) is 60.7 Å². The summed E-state index contributed by atoms with van der Waals surface area (Å²) in [6.45, 7) is -0.676. The Morgan fingerprint density at radius 2 is 1.48 bits per heavy atom. The van der Waals surface area contributed by atoms with Crippen molar-refractivity contribution in [2.75, 3.05) is 13.2 Å². The van der Waals surface area contributed by atoms with Crippen LogP contribution in [0.5, 0.6) is 0 Å². The number of aliphatic hydroxyl groups is 2. The third-order valence-corrected chi connectivity index (χ3v) is 4.21. The Balaban J connectivity index is 1.51. The third-order valence-electron chi connectivity index (χ3n) is 4.21. The lowest BCUT2D eigenvalue weighted by molar-refractivity contribution is -0.247. The van der Waals surface area contributed by atoms with Crippen LogP contribution in [0.3, 0.4) is 0 Å². The van der Waals surface area contributed by atoms with Gasteiger partial charge in [0.05, 0.1) is 17.2 Å². The molecule has 2 N–H and O–H groups in total. The molecule has 7 heteroatoms. The number of hydrogen-bond donors (Lipinski definition) is 2. The van der Waals surface area contributed by atoms with E-state index in [1.807, 2.05) is 0 Å². The van der Waals surface area contributed by atoms with Crippen molar-refractivity contribution in [1.29, 1.82) is 0 Å². The summed E-state index contributed by atoms with van der Waals surface area (Å²) in [6.07, 6.45) is -1.95. The Bertz CT molecular complexity index is 777. The molecule has 0 amide bonds. The van der Waals surface area contributed by atoms with Crippen molar-refractivity contribution in [3.63, 3.8) is 0 Å². The van der Waals surface area contributed by atoms with Gasteiger partial charge in [0.2, 0.25) is 5.79 Å². The van der Waals surface area contributed by atoms with Crippen molar-refractivity contribution >= 4 is 11.9 Å². The molecule has 27 heavy (non-hydrogen) atoms. The van der Waals surface area contributed by atoms with Crippen LogP contribution < -0.4 is 0 Å². The average molecular weight is 372 g/mol. The first kappa shape index (κ1) is 19.0. The molecule has 1 aliphatic rings. The van der Waals surface area contributed by atoms with Crippen LogP contribution in [0.2, 0.25) is 0 Å². The lowest BCUT2D eigenvalue weighted by Crippen LogP contribution is -2.44. The van der Waals surface area contributed by atoms with Gasteiger partial charge < -0.3 is 24.4 Å². The molecule has 7 nitrogen and oxygen atoms in total. The molecule has 0 unspecified atom stereocenters. The van der Waals surface area contributed by atoms with Gasteiger partial charge in [0, 0.05) is 6.42 Å². The van der Waals surface area contributed by atoms with Gasteiger partial charge in [-0.3, -0.25) is 0 Å². The first-order valence-corrected chi connectivity index (χ1v) is 8.50. The summed E-state index contributed by atoms with van der Waals surface area (Å²) in [5.74, 6) is -3.22. The van der Waals surface area contributed by atoms with E-state index >= 15 is 0 Å². The summed E-state index contributed by atoms with van der Waals surface area (Å²) in [4.78, 5) is 23.9. The molecule has 3 rings (SSSR count). The molecule has 2 aromatic rings. The molecular formula is C20H20O7. The lowest BCUT2D eigenvalue weighted by Gasteiger charge is -2.25. The number of benzene rings is 2. The number of carbonyl (C=O) groups excluding carboxylic acids is 2. The normalized spacial score (nSPS) is 24.4. The Morgan fingerprint density at radius 1 is 0.963 bits per heavy atom. The average Bonchev–Trinajstić information content (AvgIpc) is 2.99. The topological polar surface area (TPSA) is 102 Å². The van der Waals surface area contributed by atoms with E-state index in [1.54, 1.807) is 60.7 Å². The van der Waals surface area contributed by atoms with Gasteiger partial charge in [-0.2, -0.15) is 0 Å². The van der Waals surface area contributed by atoms with Crippen molar-refractivity contribution in [2.24, 2.45) is 0 Å². The predicted octanol–water partition coefficient (Wildman–Crippen LogP) is 1.54. The Hall–Kier alpha value is -2.74. The molecular weight excluding hydrogens is 352 g/mol. The number of esters is 2.